The molecule has 84 valence electrons. The molecular formula is C16H14O. The van der Waals surface area contributed by atoms with E-state index >= 15 is 0 Å². The SMILES string of the molecule is C=C(C)c1ccc(C(=O)c2ccccc2)cc1. The monoisotopic (exact) mass is 222 g/mol. The van der Waals surface area contributed by atoms with Crippen LogP contribution in [0.15, 0.2) is 61.2 Å². The molecule has 0 fully saturated rings. The van der Waals surface area contributed by atoms with Crippen molar-refractivity contribution in [2.24, 2.45) is 0 Å². The van der Waals surface area contributed by atoms with Crippen molar-refractivity contribution in [1.29, 1.82) is 0 Å². The normalized spacial score (nSPS) is 9.94. The Balaban J connectivity index is 2.30. The van der Waals surface area contributed by atoms with E-state index in [1.165, 1.54) is 0 Å². The second kappa shape index (κ2) is 4.79. The van der Waals surface area contributed by atoms with Gasteiger partial charge in [0.05, 0.1) is 0 Å². The molecule has 2 aromatic carbocycles. The van der Waals surface area contributed by atoms with E-state index in [4.69, 9.17) is 0 Å². The Kier molecular flexibility index (Phi) is 3.20. The molecule has 0 atom stereocenters. The number of carbonyl (C=O) groups is 1. The Bertz CT molecular complexity index is 535. The molecule has 1 nitrogen and oxygen atoms in total. The zero-order valence-electron chi connectivity index (χ0n) is 9.81. The van der Waals surface area contributed by atoms with E-state index in [-0.39, 0.29) is 5.78 Å². The summed E-state index contributed by atoms with van der Waals surface area (Å²) in [6, 6.07) is 16.9. The third-order valence-electron chi connectivity index (χ3n) is 2.68. The molecule has 0 aliphatic heterocycles. The van der Waals surface area contributed by atoms with Gasteiger partial charge in [-0.1, -0.05) is 66.7 Å². The number of ketones is 1. The first-order valence-corrected chi connectivity index (χ1v) is 5.54. The minimum Gasteiger partial charge on any atom is -0.289 e. The highest BCUT2D eigenvalue weighted by Crippen LogP contribution is 2.15. The third kappa shape index (κ3) is 2.51. The molecule has 0 heterocycles. The van der Waals surface area contributed by atoms with Crippen LogP contribution in [-0.2, 0) is 0 Å². The van der Waals surface area contributed by atoms with Crippen molar-refractivity contribution in [3.63, 3.8) is 0 Å². The van der Waals surface area contributed by atoms with Crippen LogP contribution in [0.2, 0.25) is 0 Å². The molecule has 0 amide bonds. The van der Waals surface area contributed by atoms with Crippen LogP contribution >= 0.6 is 0 Å². The molecule has 0 unspecified atom stereocenters. The van der Waals surface area contributed by atoms with Gasteiger partial charge in [-0.2, -0.15) is 0 Å². The minimum absolute atomic E-state index is 0.0545. The van der Waals surface area contributed by atoms with Gasteiger partial charge < -0.3 is 0 Å². The average molecular weight is 222 g/mol. The quantitative estimate of drug-likeness (QED) is 0.718. The van der Waals surface area contributed by atoms with E-state index in [0.717, 1.165) is 16.7 Å². The molecule has 2 aromatic rings. The van der Waals surface area contributed by atoms with Gasteiger partial charge in [-0.3, -0.25) is 4.79 Å². The van der Waals surface area contributed by atoms with Gasteiger partial charge in [0.2, 0.25) is 0 Å². The second-order valence-electron chi connectivity index (χ2n) is 4.05. The fourth-order valence-corrected chi connectivity index (χ4v) is 1.66. The lowest BCUT2D eigenvalue weighted by Crippen LogP contribution is -2.00. The summed E-state index contributed by atoms with van der Waals surface area (Å²) >= 11 is 0. The number of hydrogen-bond acceptors (Lipinski definition) is 1. The van der Waals surface area contributed by atoms with E-state index in [1.54, 1.807) is 0 Å². The van der Waals surface area contributed by atoms with Crippen molar-refractivity contribution in [3.05, 3.63) is 77.9 Å². The zero-order valence-corrected chi connectivity index (χ0v) is 9.81. The molecule has 0 bridgehead atoms. The number of carbonyl (C=O) groups excluding carboxylic acids is 1. The molecule has 17 heavy (non-hydrogen) atoms. The number of allylic oxidation sites excluding steroid dienone is 1. The van der Waals surface area contributed by atoms with Gasteiger partial charge in [0, 0.05) is 11.1 Å². The topological polar surface area (TPSA) is 17.1 Å². The molecular weight excluding hydrogens is 208 g/mol. The van der Waals surface area contributed by atoms with Crippen molar-refractivity contribution < 1.29 is 4.79 Å². The van der Waals surface area contributed by atoms with E-state index in [0.29, 0.717) is 5.56 Å². The largest absolute Gasteiger partial charge is 0.289 e. The van der Waals surface area contributed by atoms with E-state index in [1.807, 2.05) is 61.5 Å². The number of benzene rings is 2. The van der Waals surface area contributed by atoms with Crippen molar-refractivity contribution in [3.8, 4) is 0 Å². The Hall–Kier alpha value is -2.15. The molecule has 0 N–H and O–H groups in total. The summed E-state index contributed by atoms with van der Waals surface area (Å²) in [6.07, 6.45) is 0. The van der Waals surface area contributed by atoms with Crippen LogP contribution in [-0.4, -0.2) is 5.78 Å². The lowest BCUT2D eigenvalue weighted by atomic mass is 10.0. The van der Waals surface area contributed by atoms with Gasteiger partial charge >= 0.3 is 0 Å². The van der Waals surface area contributed by atoms with Crippen LogP contribution in [0.25, 0.3) is 5.57 Å². The molecule has 0 saturated carbocycles. The van der Waals surface area contributed by atoms with Gasteiger partial charge in [0.1, 0.15) is 0 Å². The highest BCUT2D eigenvalue weighted by molar-refractivity contribution is 6.09. The summed E-state index contributed by atoms with van der Waals surface area (Å²) in [5.41, 5.74) is 3.50. The van der Waals surface area contributed by atoms with Gasteiger partial charge in [0.25, 0.3) is 0 Å². The average Bonchev–Trinajstić information content (AvgIpc) is 2.39. The Morgan fingerprint density at radius 2 is 1.29 bits per heavy atom. The van der Waals surface area contributed by atoms with E-state index in [9.17, 15) is 4.79 Å². The van der Waals surface area contributed by atoms with Crippen molar-refractivity contribution in [2.75, 3.05) is 0 Å². The lowest BCUT2D eigenvalue weighted by molar-refractivity contribution is 0.103. The van der Waals surface area contributed by atoms with Gasteiger partial charge in [0.15, 0.2) is 5.78 Å². The summed E-state index contributed by atoms with van der Waals surface area (Å²) in [4.78, 5) is 12.1. The Labute approximate surface area is 101 Å². The molecule has 0 aromatic heterocycles. The maximum atomic E-state index is 12.1. The summed E-state index contributed by atoms with van der Waals surface area (Å²) in [6.45, 7) is 5.83. The first-order chi connectivity index (χ1) is 8.18. The molecule has 0 saturated heterocycles. The van der Waals surface area contributed by atoms with Crippen LogP contribution in [0.5, 0.6) is 0 Å². The van der Waals surface area contributed by atoms with Crippen LogP contribution in [0, 0.1) is 0 Å². The standard InChI is InChI=1S/C16H14O/c1-12(2)13-8-10-15(11-9-13)16(17)14-6-4-3-5-7-14/h3-11H,1H2,2H3. The van der Waals surface area contributed by atoms with Gasteiger partial charge in [-0.05, 0) is 12.5 Å². The summed E-state index contributed by atoms with van der Waals surface area (Å²) < 4.78 is 0. The minimum atomic E-state index is 0.0545. The predicted molar refractivity (Wildman–Crippen MR) is 71.0 cm³/mol. The summed E-state index contributed by atoms with van der Waals surface area (Å²) in [5.74, 6) is 0.0545. The number of rotatable bonds is 3. The first kappa shape index (κ1) is 11.3. The lowest BCUT2D eigenvalue weighted by Gasteiger charge is -2.03. The Morgan fingerprint density at radius 1 is 0.824 bits per heavy atom. The zero-order chi connectivity index (χ0) is 12.3. The fraction of sp³-hybridized carbons (Fsp3) is 0.0625. The number of hydrogen-bond donors (Lipinski definition) is 0. The predicted octanol–water partition coefficient (Wildman–Crippen LogP) is 3.95. The van der Waals surface area contributed by atoms with Crippen LogP contribution in [0.1, 0.15) is 28.4 Å². The molecule has 0 spiro atoms. The maximum Gasteiger partial charge on any atom is 0.193 e. The molecule has 0 radical (unpaired) electrons. The van der Waals surface area contributed by atoms with Crippen molar-refractivity contribution in [2.45, 2.75) is 6.92 Å². The van der Waals surface area contributed by atoms with E-state index in [2.05, 4.69) is 6.58 Å². The molecule has 0 aliphatic carbocycles. The van der Waals surface area contributed by atoms with Crippen LogP contribution in [0.3, 0.4) is 0 Å². The third-order valence-corrected chi connectivity index (χ3v) is 2.68. The maximum absolute atomic E-state index is 12.1. The molecule has 1 heteroatoms. The van der Waals surface area contributed by atoms with E-state index < -0.39 is 0 Å². The van der Waals surface area contributed by atoms with Crippen molar-refractivity contribution >= 4 is 11.4 Å². The first-order valence-electron chi connectivity index (χ1n) is 5.54. The summed E-state index contributed by atoms with van der Waals surface area (Å²) in [5, 5.41) is 0. The molecule has 0 aliphatic rings. The molecule has 2 rings (SSSR count). The van der Waals surface area contributed by atoms with Gasteiger partial charge in [-0.15, -0.1) is 0 Å². The highest BCUT2D eigenvalue weighted by atomic mass is 16.1. The smallest absolute Gasteiger partial charge is 0.193 e. The Morgan fingerprint density at radius 3 is 1.82 bits per heavy atom. The second-order valence-corrected chi connectivity index (χ2v) is 4.05. The fourth-order valence-electron chi connectivity index (χ4n) is 1.66. The van der Waals surface area contributed by atoms with Crippen LogP contribution < -0.4 is 0 Å². The summed E-state index contributed by atoms with van der Waals surface area (Å²) in [7, 11) is 0. The highest BCUT2D eigenvalue weighted by Gasteiger charge is 2.07. The van der Waals surface area contributed by atoms with Gasteiger partial charge in [-0.25, -0.2) is 0 Å². The van der Waals surface area contributed by atoms with Crippen molar-refractivity contribution in [1.82, 2.24) is 0 Å². The van der Waals surface area contributed by atoms with Crippen LogP contribution in [0.4, 0.5) is 0 Å².